The molecule has 10 heteroatoms. The predicted molar refractivity (Wildman–Crippen MR) is 135 cm³/mol. The predicted octanol–water partition coefficient (Wildman–Crippen LogP) is 6.08. The van der Waals surface area contributed by atoms with Gasteiger partial charge in [0, 0.05) is 24.7 Å². The summed E-state index contributed by atoms with van der Waals surface area (Å²) in [4.78, 5) is 13.8. The normalized spacial score (nSPS) is 14.5. The number of aromatic nitrogens is 4. The zero-order valence-corrected chi connectivity index (χ0v) is 20.4. The summed E-state index contributed by atoms with van der Waals surface area (Å²) in [5, 5.41) is 7.45. The van der Waals surface area contributed by atoms with Crippen molar-refractivity contribution < 1.29 is 8.78 Å². The molecule has 0 spiro atoms. The standard InChI is InChI=1S/C25H24Cl2F2N6/c26-18-2-1-3-19(27)22(18)24-33-21-14-32-25(31-13-16-4-5-17(28)12-20(16)29)34-23(21)35(24)11-8-15-6-9-30-10-7-15/h1-5,12,14-15,30H,6-11,13H2,(H,31,32,34). The Balaban J connectivity index is 1.49. The molecule has 1 saturated heterocycles. The van der Waals surface area contributed by atoms with Gasteiger partial charge in [0.05, 0.1) is 21.8 Å². The highest BCUT2D eigenvalue weighted by Crippen LogP contribution is 2.36. The molecule has 182 valence electrons. The van der Waals surface area contributed by atoms with Crippen molar-refractivity contribution >= 4 is 40.3 Å². The second-order valence-corrected chi connectivity index (χ2v) is 9.47. The van der Waals surface area contributed by atoms with E-state index in [9.17, 15) is 8.78 Å². The Labute approximate surface area is 211 Å². The van der Waals surface area contributed by atoms with Crippen LogP contribution >= 0.6 is 23.2 Å². The fraction of sp³-hybridized carbons (Fsp3) is 0.320. The van der Waals surface area contributed by atoms with Crippen LogP contribution < -0.4 is 10.6 Å². The van der Waals surface area contributed by atoms with E-state index < -0.39 is 11.6 Å². The number of rotatable bonds is 7. The van der Waals surface area contributed by atoms with Crippen LogP contribution in [0.1, 0.15) is 24.8 Å². The van der Waals surface area contributed by atoms with E-state index in [2.05, 4.69) is 20.6 Å². The van der Waals surface area contributed by atoms with Crippen LogP contribution in [0.5, 0.6) is 0 Å². The summed E-state index contributed by atoms with van der Waals surface area (Å²) >= 11 is 13.1. The highest BCUT2D eigenvalue weighted by atomic mass is 35.5. The van der Waals surface area contributed by atoms with E-state index >= 15 is 0 Å². The maximum absolute atomic E-state index is 14.0. The summed E-state index contributed by atoms with van der Waals surface area (Å²) in [6.45, 7) is 2.86. The van der Waals surface area contributed by atoms with Crippen LogP contribution in [0.2, 0.25) is 10.0 Å². The van der Waals surface area contributed by atoms with E-state index in [1.807, 2.05) is 4.57 Å². The number of anilines is 1. The van der Waals surface area contributed by atoms with Gasteiger partial charge in [-0.1, -0.05) is 35.3 Å². The summed E-state index contributed by atoms with van der Waals surface area (Å²) in [6.07, 6.45) is 4.84. The van der Waals surface area contributed by atoms with Crippen molar-refractivity contribution in [2.45, 2.75) is 32.4 Å². The van der Waals surface area contributed by atoms with Crippen LogP contribution in [0.15, 0.2) is 42.6 Å². The molecular formula is C25H24Cl2F2N6. The topological polar surface area (TPSA) is 67.7 Å². The minimum atomic E-state index is -0.624. The van der Waals surface area contributed by atoms with Gasteiger partial charge in [0.15, 0.2) is 5.65 Å². The number of hydrogen-bond acceptors (Lipinski definition) is 5. The Morgan fingerprint density at radius 2 is 1.83 bits per heavy atom. The average molecular weight is 517 g/mol. The number of aryl methyl sites for hydroxylation is 1. The lowest BCUT2D eigenvalue weighted by atomic mass is 9.95. The monoisotopic (exact) mass is 516 g/mol. The van der Waals surface area contributed by atoms with E-state index in [1.165, 1.54) is 12.1 Å². The van der Waals surface area contributed by atoms with Crippen molar-refractivity contribution in [3.8, 4) is 11.4 Å². The molecule has 0 saturated carbocycles. The number of halogens is 4. The fourth-order valence-corrected chi connectivity index (χ4v) is 5.01. The minimum Gasteiger partial charge on any atom is -0.350 e. The molecule has 4 aromatic rings. The number of benzene rings is 2. The molecular weight excluding hydrogens is 493 g/mol. The van der Waals surface area contributed by atoms with Gasteiger partial charge in [0.2, 0.25) is 5.95 Å². The van der Waals surface area contributed by atoms with E-state index in [-0.39, 0.29) is 6.54 Å². The zero-order chi connectivity index (χ0) is 24.4. The number of nitrogens with zero attached hydrogens (tertiary/aromatic N) is 4. The molecule has 0 radical (unpaired) electrons. The second-order valence-electron chi connectivity index (χ2n) is 8.66. The van der Waals surface area contributed by atoms with Gasteiger partial charge in [-0.3, -0.25) is 0 Å². The van der Waals surface area contributed by atoms with Gasteiger partial charge in [0.1, 0.15) is 23.0 Å². The summed E-state index contributed by atoms with van der Waals surface area (Å²) < 4.78 is 29.3. The third-order valence-electron chi connectivity index (χ3n) is 6.35. The van der Waals surface area contributed by atoms with E-state index in [1.54, 1.807) is 24.4 Å². The maximum Gasteiger partial charge on any atom is 0.225 e. The van der Waals surface area contributed by atoms with Crippen molar-refractivity contribution in [3.05, 3.63) is 69.8 Å². The molecule has 3 heterocycles. The van der Waals surface area contributed by atoms with Crippen molar-refractivity contribution in [1.29, 1.82) is 0 Å². The summed E-state index contributed by atoms with van der Waals surface area (Å²) in [5.74, 6) is 0.319. The number of hydrogen-bond donors (Lipinski definition) is 2. The molecule has 0 atom stereocenters. The van der Waals surface area contributed by atoms with Crippen molar-refractivity contribution in [2.75, 3.05) is 18.4 Å². The summed E-state index contributed by atoms with van der Waals surface area (Å²) in [7, 11) is 0. The smallest absolute Gasteiger partial charge is 0.225 e. The molecule has 1 aliphatic heterocycles. The molecule has 0 bridgehead atoms. The lowest BCUT2D eigenvalue weighted by Gasteiger charge is -2.23. The minimum absolute atomic E-state index is 0.115. The van der Waals surface area contributed by atoms with Crippen LogP contribution in [0.3, 0.4) is 0 Å². The Morgan fingerprint density at radius 3 is 2.57 bits per heavy atom. The first-order valence-corrected chi connectivity index (χ1v) is 12.3. The Kier molecular flexibility index (Phi) is 7.13. The van der Waals surface area contributed by atoms with E-state index in [0.29, 0.717) is 56.6 Å². The van der Waals surface area contributed by atoms with Gasteiger partial charge in [-0.15, -0.1) is 0 Å². The second kappa shape index (κ2) is 10.4. The van der Waals surface area contributed by atoms with Crippen LogP contribution in [0, 0.1) is 17.6 Å². The quantitative estimate of drug-likeness (QED) is 0.311. The number of nitrogens with one attached hydrogen (secondary N) is 2. The first-order valence-electron chi connectivity index (χ1n) is 11.6. The fourth-order valence-electron chi connectivity index (χ4n) is 4.44. The van der Waals surface area contributed by atoms with Crippen molar-refractivity contribution in [2.24, 2.45) is 5.92 Å². The number of fused-ring (bicyclic) bond motifs is 1. The third-order valence-corrected chi connectivity index (χ3v) is 6.98. The molecule has 35 heavy (non-hydrogen) atoms. The Bertz CT molecular complexity index is 1330. The molecule has 2 aromatic heterocycles. The summed E-state index contributed by atoms with van der Waals surface area (Å²) in [6, 6.07) is 8.85. The summed E-state index contributed by atoms with van der Waals surface area (Å²) in [5.41, 5.74) is 2.22. The zero-order valence-electron chi connectivity index (χ0n) is 18.9. The van der Waals surface area contributed by atoms with Gasteiger partial charge < -0.3 is 15.2 Å². The van der Waals surface area contributed by atoms with E-state index in [0.717, 1.165) is 38.4 Å². The van der Waals surface area contributed by atoms with Crippen LogP contribution in [0.4, 0.5) is 14.7 Å². The molecule has 1 fully saturated rings. The maximum atomic E-state index is 14.0. The molecule has 0 amide bonds. The van der Waals surface area contributed by atoms with Gasteiger partial charge in [-0.25, -0.2) is 18.7 Å². The van der Waals surface area contributed by atoms with Gasteiger partial charge in [-0.05, 0) is 56.5 Å². The van der Waals surface area contributed by atoms with Gasteiger partial charge in [0.25, 0.3) is 0 Å². The first-order chi connectivity index (χ1) is 17.0. The average Bonchev–Trinajstić information content (AvgIpc) is 3.20. The van der Waals surface area contributed by atoms with E-state index in [4.69, 9.17) is 28.2 Å². The SMILES string of the molecule is Fc1ccc(CNc2ncc3nc(-c4c(Cl)cccc4Cl)n(CCC4CCNCC4)c3n2)c(F)c1. The third kappa shape index (κ3) is 5.24. The number of piperidine rings is 1. The number of imidazole rings is 1. The van der Waals surface area contributed by atoms with Gasteiger partial charge in [-0.2, -0.15) is 4.98 Å². The Morgan fingerprint density at radius 1 is 1.06 bits per heavy atom. The largest absolute Gasteiger partial charge is 0.350 e. The lowest BCUT2D eigenvalue weighted by molar-refractivity contribution is 0.339. The lowest BCUT2D eigenvalue weighted by Crippen LogP contribution is -2.28. The molecule has 2 N–H and O–H groups in total. The van der Waals surface area contributed by atoms with Crippen molar-refractivity contribution in [3.63, 3.8) is 0 Å². The molecule has 2 aromatic carbocycles. The van der Waals surface area contributed by atoms with Crippen LogP contribution in [-0.4, -0.2) is 32.6 Å². The highest BCUT2D eigenvalue weighted by Gasteiger charge is 2.21. The highest BCUT2D eigenvalue weighted by molar-refractivity contribution is 6.39. The molecule has 6 nitrogen and oxygen atoms in total. The van der Waals surface area contributed by atoms with Crippen LogP contribution in [0.25, 0.3) is 22.6 Å². The molecule has 0 unspecified atom stereocenters. The molecule has 5 rings (SSSR count). The van der Waals surface area contributed by atoms with Crippen LogP contribution in [-0.2, 0) is 13.1 Å². The Hall–Kier alpha value is -2.81. The van der Waals surface area contributed by atoms with Crippen molar-refractivity contribution in [1.82, 2.24) is 24.8 Å². The molecule has 1 aliphatic rings. The molecule has 0 aliphatic carbocycles. The van der Waals surface area contributed by atoms with Gasteiger partial charge >= 0.3 is 0 Å². The first kappa shape index (κ1) is 23.9.